The Hall–Kier alpha value is -2.17. The van der Waals surface area contributed by atoms with Crippen LogP contribution in [0.1, 0.15) is 5.56 Å². The zero-order valence-corrected chi connectivity index (χ0v) is 11.5. The number of methoxy groups -OCH3 is 2. The van der Waals surface area contributed by atoms with Crippen LogP contribution in [0.4, 0.5) is 11.4 Å². The number of nitriles is 1. The van der Waals surface area contributed by atoms with Crippen molar-refractivity contribution in [3.8, 4) is 6.07 Å². The minimum Gasteiger partial charge on any atom is -0.383 e. The maximum Gasteiger partial charge on any atom is 0.287 e. The Bertz CT molecular complexity index is 491. The number of rotatable bonds is 8. The Balaban J connectivity index is 3.01. The van der Waals surface area contributed by atoms with E-state index in [-0.39, 0.29) is 11.3 Å². The Morgan fingerprint density at radius 1 is 1.30 bits per heavy atom. The van der Waals surface area contributed by atoms with Crippen molar-refractivity contribution in [1.29, 1.82) is 5.26 Å². The predicted octanol–water partition coefficient (Wildman–Crippen LogP) is 1.57. The largest absolute Gasteiger partial charge is 0.383 e. The van der Waals surface area contributed by atoms with E-state index in [1.807, 2.05) is 11.0 Å². The van der Waals surface area contributed by atoms with Crippen molar-refractivity contribution in [3.63, 3.8) is 0 Å². The molecule has 0 aliphatic carbocycles. The highest BCUT2D eigenvalue weighted by Crippen LogP contribution is 2.24. The molecule has 0 aromatic heterocycles. The van der Waals surface area contributed by atoms with Gasteiger partial charge < -0.3 is 14.4 Å². The van der Waals surface area contributed by atoms with Crippen LogP contribution < -0.4 is 4.90 Å². The first kappa shape index (κ1) is 15.9. The lowest BCUT2D eigenvalue weighted by Gasteiger charge is -2.24. The molecular formula is C13H17N3O4. The molecule has 7 nitrogen and oxygen atoms in total. The smallest absolute Gasteiger partial charge is 0.287 e. The molecule has 7 heteroatoms. The molecule has 0 saturated heterocycles. The molecule has 0 saturated carbocycles. The minimum atomic E-state index is -0.559. The van der Waals surface area contributed by atoms with Crippen LogP contribution in [0.25, 0.3) is 0 Å². The molecule has 0 amide bonds. The van der Waals surface area contributed by atoms with Crippen molar-refractivity contribution in [2.75, 3.05) is 45.4 Å². The zero-order valence-electron chi connectivity index (χ0n) is 11.5. The Morgan fingerprint density at radius 3 is 2.35 bits per heavy atom. The van der Waals surface area contributed by atoms with E-state index in [9.17, 15) is 10.1 Å². The lowest BCUT2D eigenvalue weighted by molar-refractivity contribution is -0.385. The Labute approximate surface area is 117 Å². The van der Waals surface area contributed by atoms with Crippen LogP contribution in [0, 0.1) is 21.4 Å². The third-order valence-electron chi connectivity index (χ3n) is 2.79. The lowest BCUT2D eigenvalue weighted by atomic mass is 10.1. The fraction of sp³-hybridized carbons (Fsp3) is 0.462. The average molecular weight is 279 g/mol. The predicted molar refractivity (Wildman–Crippen MR) is 73.8 cm³/mol. The summed E-state index contributed by atoms with van der Waals surface area (Å²) in [7, 11) is 3.20. The second-order valence-electron chi connectivity index (χ2n) is 4.04. The molecule has 0 aliphatic rings. The van der Waals surface area contributed by atoms with E-state index < -0.39 is 4.92 Å². The summed E-state index contributed by atoms with van der Waals surface area (Å²) in [5.74, 6) is 0. The maximum absolute atomic E-state index is 10.8. The monoisotopic (exact) mass is 279 g/mol. The topological polar surface area (TPSA) is 88.6 Å². The van der Waals surface area contributed by atoms with Crippen molar-refractivity contribution in [2.24, 2.45) is 0 Å². The quantitative estimate of drug-likeness (QED) is 0.530. The highest BCUT2D eigenvalue weighted by molar-refractivity contribution is 5.59. The van der Waals surface area contributed by atoms with Crippen molar-refractivity contribution in [2.45, 2.75) is 0 Å². The molecule has 0 bridgehead atoms. The van der Waals surface area contributed by atoms with Gasteiger partial charge in [0.25, 0.3) is 5.69 Å². The number of anilines is 1. The molecule has 0 spiro atoms. The SMILES string of the molecule is COCCN(CCOC)c1ccc([N+](=O)[O-])c(C#N)c1. The number of benzene rings is 1. The molecule has 0 N–H and O–H groups in total. The van der Waals surface area contributed by atoms with E-state index in [2.05, 4.69) is 0 Å². The zero-order chi connectivity index (χ0) is 15.0. The number of nitro groups is 1. The average Bonchev–Trinajstić information content (AvgIpc) is 2.46. The van der Waals surface area contributed by atoms with Gasteiger partial charge in [-0.05, 0) is 12.1 Å². The van der Waals surface area contributed by atoms with Gasteiger partial charge in [0.05, 0.1) is 18.1 Å². The number of nitro benzene ring substituents is 1. The van der Waals surface area contributed by atoms with Gasteiger partial charge in [-0.3, -0.25) is 10.1 Å². The molecule has 108 valence electrons. The van der Waals surface area contributed by atoms with E-state index in [0.717, 1.165) is 5.69 Å². The molecule has 1 aromatic rings. The van der Waals surface area contributed by atoms with Crippen molar-refractivity contribution < 1.29 is 14.4 Å². The summed E-state index contributed by atoms with van der Waals surface area (Å²) in [6.07, 6.45) is 0. The van der Waals surface area contributed by atoms with E-state index in [0.29, 0.717) is 26.3 Å². The Morgan fingerprint density at radius 2 is 1.90 bits per heavy atom. The second kappa shape index (κ2) is 8.09. The fourth-order valence-corrected chi connectivity index (χ4v) is 1.74. The van der Waals surface area contributed by atoms with E-state index in [1.54, 1.807) is 20.3 Å². The first-order valence-electron chi connectivity index (χ1n) is 6.05. The first-order valence-corrected chi connectivity index (χ1v) is 6.05. The highest BCUT2D eigenvalue weighted by atomic mass is 16.6. The molecular weight excluding hydrogens is 262 g/mol. The van der Waals surface area contributed by atoms with Gasteiger partial charge in [0.1, 0.15) is 11.6 Å². The van der Waals surface area contributed by atoms with Gasteiger partial charge in [0, 0.05) is 39.1 Å². The summed E-state index contributed by atoms with van der Waals surface area (Å²) < 4.78 is 10.1. The van der Waals surface area contributed by atoms with E-state index in [4.69, 9.17) is 14.7 Å². The van der Waals surface area contributed by atoms with Gasteiger partial charge in [-0.15, -0.1) is 0 Å². The van der Waals surface area contributed by atoms with Crippen LogP contribution in [0.3, 0.4) is 0 Å². The third-order valence-corrected chi connectivity index (χ3v) is 2.79. The summed E-state index contributed by atoms with van der Waals surface area (Å²) in [5.41, 5.74) is 0.600. The summed E-state index contributed by atoms with van der Waals surface area (Å²) in [4.78, 5) is 12.2. The summed E-state index contributed by atoms with van der Waals surface area (Å²) in [5, 5.41) is 19.8. The summed E-state index contributed by atoms with van der Waals surface area (Å²) in [6.45, 7) is 2.26. The van der Waals surface area contributed by atoms with Crippen LogP contribution in [0.2, 0.25) is 0 Å². The molecule has 0 atom stereocenters. The number of hydrogen-bond acceptors (Lipinski definition) is 6. The molecule has 1 rings (SSSR count). The fourth-order valence-electron chi connectivity index (χ4n) is 1.74. The minimum absolute atomic E-state index is 0.0485. The molecule has 0 aliphatic heterocycles. The lowest BCUT2D eigenvalue weighted by Crippen LogP contribution is -2.30. The molecule has 0 unspecified atom stereocenters. The van der Waals surface area contributed by atoms with Crippen molar-refractivity contribution in [3.05, 3.63) is 33.9 Å². The van der Waals surface area contributed by atoms with Crippen LogP contribution in [-0.4, -0.2) is 45.4 Å². The first-order chi connectivity index (χ1) is 9.63. The van der Waals surface area contributed by atoms with Crippen molar-refractivity contribution in [1.82, 2.24) is 0 Å². The van der Waals surface area contributed by atoms with Crippen LogP contribution in [0.5, 0.6) is 0 Å². The van der Waals surface area contributed by atoms with Gasteiger partial charge in [0.15, 0.2) is 0 Å². The highest BCUT2D eigenvalue weighted by Gasteiger charge is 2.16. The number of nitrogens with zero attached hydrogens (tertiary/aromatic N) is 3. The maximum atomic E-state index is 10.8. The van der Waals surface area contributed by atoms with Gasteiger partial charge in [-0.1, -0.05) is 0 Å². The van der Waals surface area contributed by atoms with Crippen LogP contribution in [-0.2, 0) is 9.47 Å². The molecule has 1 aromatic carbocycles. The summed E-state index contributed by atoms with van der Waals surface area (Å²) in [6, 6.07) is 6.35. The van der Waals surface area contributed by atoms with Crippen LogP contribution in [0.15, 0.2) is 18.2 Å². The molecule has 20 heavy (non-hydrogen) atoms. The molecule has 0 radical (unpaired) electrons. The Kier molecular flexibility index (Phi) is 6.43. The number of hydrogen-bond donors (Lipinski definition) is 0. The summed E-state index contributed by atoms with van der Waals surface area (Å²) >= 11 is 0. The standard InChI is InChI=1S/C13H17N3O4/c1-19-7-5-15(6-8-20-2)12-3-4-13(16(17)18)11(9-12)10-14/h3-4,9H,5-8H2,1-2H3. The van der Waals surface area contributed by atoms with Gasteiger partial charge in [-0.2, -0.15) is 5.26 Å². The number of ether oxygens (including phenoxy) is 2. The third kappa shape index (κ3) is 4.19. The van der Waals surface area contributed by atoms with E-state index in [1.165, 1.54) is 12.1 Å². The molecule has 0 fully saturated rings. The normalized spacial score (nSPS) is 10.1. The van der Waals surface area contributed by atoms with Crippen LogP contribution >= 0.6 is 0 Å². The van der Waals surface area contributed by atoms with Gasteiger partial charge >= 0.3 is 0 Å². The van der Waals surface area contributed by atoms with E-state index >= 15 is 0 Å². The van der Waals surface area contributed by atoms with Gasteiger partial charge in [-0.25, -0.2) is 0 Å². The van der Waals surface area contributed by atoms with Crippen molar-refractivity contribution >= 4 is 11.4 Å². The second-order valence-corrected chi connectivity index (χ2v) is 4.04. The van der Waals surface area contributed by atoms with Gasteiger partial charge in [0.2, 0.25) is 0 Å². The molecule has 0 heterocycles.